The second-order valence-corrected chi connectivity index (χ2v) is 12.1. The zero-order valence-electron chi connectivity index (χ0n) is 11.9. The highest BCUT2D eigenvalue weighted by Crippen LogP contribution is 2.49. The molecule has 0 aliphatic heterocycles. The lowest BCUT2D eigenvalue weighted by atomic mass is 9.76. The summed E-state index contributed by atoms with van der Waals surface area (Å²) < 4.78 is 122. The van der Waals surface area contributed by atoms with E-state index in [-0.39, 0.29) is 12.8 Å². The minimum Gasteiger partial charge on any atom is -0.284 e. The summed E-state index contributed by atoms with van der Waals surface area (Å²) in [6, 6.07) is 0. The van der Waals surface area contributed by atoms with E-state index in [1.54, 1.807) is 0 Å². The molecule has 1 aliphatic rings. The Balaban J connectivity index is 3.96. The van der Waals surface area contributed by atoms with Crippen LogP contribution in [0.5, 0.6) is 0 Å². The molecule has 0 amide bonds. The van der Waals surface area contributed by atoms with Gasteiger partial charge in [-0.3, -0.25) is 18.2 Å². The fourth-order valence-corrected chi connectivity index (χ4v) is 9.95. The van der Waals surface area contributed by atoms with Gasteiger partial charge in [0.15, 0.2) is 0 Å². The Hall–Kier alpha value is -0.360. The number of hydrogen-bond acceptors (Lipinski definition) is 8. The molecule has 1 saturated carbocycles. The van der Waals surface area contributed by atoms with Gasteiger partial charge in [0.05, 0.1) is 0 Å². The highest BCUT2D eigenvalue weighted by atomic mass is 32.3. The van der Waals surface area contributed by atoms with Crippen LogP contribution in [0.15, 0.2) is 0 Å². The zero-order chi connectivity index (χ0) is 19.2. The van der Waals surface area contributed by atoms with Crippen molar-refractivity contribution in [2.75, 3.05) is 0 Å². The predicted molar refractivity (Wildman–Crippen MR) is 79.3 cm³/mol. The molecule has 0 bridgehead atoms. The molecule has 24 heavy (non-hydrogen) atoms. The Morgan fingerprint density at radius 2 is 0.792 bits per heavy atom. The largest absolute Gasteiger partial charge is 0.285 e. The van der Waals surface area contributed by atoms with Crippen LogP contribution in [-0.4, -0.2) is 61.0 Å². The van der Waals surface area contributed by atoms with Gasteiger partial charge >= 0.3 is 0 Å². The van der Waals surface area contributed by atoms with Crippen LogP contribution in [0.25, 0.3) is 0 Å². The number of hydrogen-bond donors (Lipinski definition) is 4. The van der Waals surface area contributed by atoms with Crippen LogP contribution in [0.4, 0.5) is 0 Å². The summed E-state index contributed by atoms with van der Waals surface area (Å²) in [5, 5.41) is 0. The first kappa shape index (κ1) is 21.7. The normalized spacial score (nSPS) is 20.4. The minimum atomic E-state index is -5.74. The molecule has 0 radical (unpaired) electrons. The van der Waals surface area contributed by atoms with Gasteiger partial charge in [-0.25, -0.2) is 0 Å². The van der Waals surface area contributed by atoms with Crippen molar-refractivity contribution in [1.29, 1.82) is 0 Å². The van der Waals surface area contributed by atoms with E-state index >= 15 is 0 Å². The van der Waals surface area contributed by atoms with Gasteiger partial charge in [0.25, 0.3) is 40.5 Å². The van der Waals surface area contributed by atoms with Gasteiger partial charge in [-0.2, -0.15) is 33.7 Å². The topological polar surface area (TPSA) is 217 Å². The molecule has 0 unspecified atom stereocenters. The molecule has 0 aromatic rings. The third-order valence-corrected chi connectivity index (χ3v) is 10.8. The van der Waals surface area contributed by atoms with Crippen molar-refractivity contribution < 1.29 is 51.9 Å². The van der Waals surface area contributed by atoms with Crippen molar-refractivity contribution in [3.05, 3.63) is 0 Å². The van der Waals surface area contributed by atoms with Crippen LogP contribution in [-0.2, 0) is 40.5 Å². The molecule has 1 aliphatic carbocycles. The Bertz CT molecular complexity index is 754. The molecule has 0 heterocycles. The first-order chi connectivity index (χ1) is 10.4. The Morgan fingerprint density at radius 3 is 1.00 bits per heavy atom. The molecule has 144 valence electrons. The maximum Gasteiger partial charge on any atom is 0.285 e. The van der Waals surface area contributed by atoms with Crippen molar-refractivity contribution in [3.63, 3.8) is 0 Å². The molecule has 4 N–H and O–H groups in total. The second-order valence-electron chi connectivity index (χ2n) is 5.52. The molecule has 0 atom stereocenters. The summed E-state index contributed by atoms with van der Waals surface area (Å²) in [4.78, 5) is 0. The molecule has 1 rings (SSSR count). The third kappa shape index (κ3) is 4.43. The van der Waals surface area contributed by atoms with Gasteiger partial charge in [-0.05, 0) is 12.8 Å². The van der Waals surface area contributed by atoms with Gasteiger partial charge in [0, 0.05) is 5.41 Å². The van der Waals surface area contributed by atoms with E-state index in [0.717, 1.165) is 0 Å². The predicted octanol–water partition coefficient (Wildman–Crippen LogP) is -0.860. The van der Waals surface area contributed by atoms with E-state index in [0.29, 0.717) is 6.42 Å². The van der Waals surface area contributed by atoms with E-state index in [2.05, 4.69) is 0 Å². The van der Waals surface area contributed by atoms with Crippen molar-refractivity contribution in [2.24, 2.45) is 5.41 Å². The van der Waals surface area contributed by atoms with Gasteiger partial charge in [0.2, 0.25) is 9.16 Å². The molecule has 12 nitrogen and oxygen atoms in total. The van der Waals surface area contributed by atoms with E-state index in [9.17, 15) is 51.9 Å². The highest BCUT2D eigenvalue weighted by molar-refractivity contribution is 8.05. The Morgan fingerprint density at radius 1 is 0.542 bits per heavy atom. The van der Waals surface area contributed by atoms with Gasteiger partial charge in [0.1, 0.15) is 0 Å². The molecular weight excluding hydrogens is 416 g/mol. The highest BCUT2D eigenvalue weighted by Gasteiger charge is 2.64. The van der Waals surface area contributed by atoms with Crippen LogP contribution in [0.3, 0.4) is 0 Å². The van der Waals surface area contributed by atoms with Gasteiger partial charge < -0.3 is 0 Å². The van der Waals surface area contributed by atoms with Crippen LogP contribution >= 0.6 is 0 Å². The van der Waals surface area contributed by atoms with Gasteiger partial charge in [-0.15, -0.1) is 0 Å². The van der Waals surface area contributed by atoms with Crippen molar-refractivity contribution in [1.82, 2.24) is 0 Å². The van der Waals surface area contributed by atoms with E-state index in [4.69, 9.17) is 0 Å². The lowest BCUT2D eigenvalue weighted by molar-refractivity contribution is 0.200. The first-order valence-corrected chi connectivity index (χ1v) is 12.3. The minimum absolute atomic E-state index is 0.0803. The lowest BCUT2D eigenvalue weighted by Gasteiger charge is -2.42. The Labute approximate surface area is 139 Å². The fraction of sp³-hybridized carbons (Fsp3) is 1.00. The average Bonchev–Trinajstić information content (AvgIpc) is 2.20. The van der Waals surface area contributed by atoms with Crippen LogP contribution in [0.2, 0.25) is 0 Å². The third-order valence-electron chi connectivity index (χ3n) is 3.81. The summed E-state index contributed by atoms with van der Waals surface area (Å²) in [5.41, 5.74) is -2.90. The van der Waals surface area contributed by atoms with Gasteiger partial charge in [-0.1, -0.05) is 19.3 Å². The summed E-state index contributed by atoms with van der Waals surface area (Å²) in [6.45, 7) is 0. The van der Waals surface area contributed by atoms with E-state index < -0.39 is 67.9 Å². The SMILES string of the molecule is O=S(=O)(O)C(C1(C(S(=O)(=O)O)S(=O)(=O)O)CCCCC1)S(=O)(=O)O. The van der Waals surface area contributed by atoms with E-state index in [1.807, 2.05) is 0 Å². The zero-order valence-corrected chi connectivity index (χ0v) is 15.1. The fourth-order valence-electron chi connectivity index (χ4n) is 3.29. The quantitative estimate of drug-likeness (QED) is 0.377. The molecule has 0 spiro atoms. The monoisotopic (exact) mass is 432 g/mol. The lowest BCUT2D eigenvalue weighted by Crippen LogP contribution is -2.58. The summed E-state index contributed by atoms with van der Waals surface area (Å²) in [7, 11) is -22.9. The maximum absolute atomic E-state index is 11.5. The summed E-state index contributed by atoms with van der Waals surface area (Å²) in [5.74, 6) is 0. The van der Waals surface area contributed by atoms with E-state index in [1.165, 1.54) is 0 Å². The molecule has 0 aromatic carbocycles. The average molecular weight is 432 g/mol. The molecule has 16 heteroatoms. The van der Waals surface area contributed by atoms with Crippen LogP contribution in [0, 0.1) is 5.41 Å². The standard InChI is InChI=1S/C8H16O12S4/c9-21(10,11)6(22(12,13)14)8(4-2-1-3-5-8)7(23(15,16)17)24(18,19)20/h6-7H,1-5H2,(H,9,10,11)(H,12,13,14)(H,15,16,17)(H,18,19,20). The van der Waals surface area contributed by atoms with Crippen LogP contribution < -0.4 is 0 Å². The summed E-state index contributed by atoms with van der Waals surface area (Å²) >= 11 is 0. The first-order valence-electron chi connectivity index (χ1n) is 6.29. The molecule has 0 saturated heterocycles. The van der Waals surface area contributed by atoms with Crippen LogP contribution in [0.1, 0.15) is 32.1 Å². The van der Waals surface area contributed by atoms with Crippen molar-refractivity contribution >= 4 is 40.5 Å². The second kappa shape index (κ2) is 6.42. The Kier molecular flexibility index (Phi) is 5.80. The molecule has 1 fully saturated rings. The maximum atomic E-state index is 11.5. The van der Waals surface area contributed by atoms with Crippen molar-refractivity contribution in [3.8, 4) is 0 Å². The van der Waals surface area contributed by atoms with Crippen molar-refractivity contribution in [2.45, 2.75) is 41.3 Å². The molecular formula is C8H16O12S4. The summed E-state index contributed by atoms with van der Waals surface area (Å²) in [6.07, 6.45) is -1.30. The smallest absolute Gasteiger partial charge is 0.284 e. The number of rotatable bonds is 6. The molecule has 0 aromatic heterocycles.